The molecule has 0 aliphatic heterocycles. The first-order valence-electron chi connectivity index (χ1n) is 8.59. The average molecular weight is 320 g/mol. The van der Waals surface area contributed by atoms with Crippen molar-refractivity contribution >= 4 is 11.6 Å². The van der Waals surface area contributed by atoms with E-state index in [1.54, 1.807) is 6.92 Å². The third-order valence-electron chi connectivity index (χ3n) is 3.91. The molecule has 0 fully saturated rings. The molecule has 23 heavy (non-hydrogen) atoms. The van der Waals surface area contributed by atoms with Crippen LogP contribution in [-0.4, -0.2) is 29.7 Å². The predicted molar refractivity (Wildman–Crippen MR) is 96.7 cm³/mol. The van der Waals surface area contributed by atoms with E-state index in [2.05, 4.69) is 37.5 Å². The first kappa shape index (κ1) is 19.7. The second-order valence-corrected chi connectivity index (χ2v) is 6.99. The Kier molecular flexibility index (Phi) is 8.28. The highest BCUT2D eigenvalue weighted by atomic mass is 16.3. The van der Waals surface area contributed by atoms with E-state index < -0.39 is 0 Å². The molecule has 1 amide bonds. The molecule has 3 unspecified atom stereocenters. The van der Waals surface area contributed by atoms with Gasteiger partial charge in [0.15, 0.2) is 0 Å². The van der Waals surface area contributed by atoms with Crippen LogP contribution in [0.2, 0.25) is 0 Å². The smallest absolute Gasteiger partial charge is 0.225 e. The van der Waals surface area contributed by atoms with E-state index in [1.807, 2.05) is 25.1 Å². The Balaban J connectivity index is 2.44. The molecule has 0 saturated heterocycles. The number of aliphatic hydroxyl groups is 1. The minimum Gasteiger partial charge on any atom is -0.393 e. The fourth-order valence-corrected chi connectivity index (χ4v) is 2.73. The van der Waals surface area contributed by atoms with Gasteiger partial charge in [-0.15, -0.1) is 0 Å². The Morgan fingerprint density at radius 2 is 1.78 bits per heavy atom. The Morgan fingerprint density at radius 1 is 1.13 bits per heavy atom. The third kappa shape index (κ3) is 7.62. The molecule has 0 saturated carbocycles. The highest BCUT2D eigenvalue weighted by Gasteiger charge is 2.13. The zero-order valence-corrected chi connectivity index (χ0v) is 15.1. The molecule has 3 N–H and O–H groups in total. The standard InChI is InChI=1S/C19H32N2O2/c1-13(2)17-8-6-7-9-18(17)21-19(23)11-15(4)20-12-14(3)10-16(5)22/h6-9,13-16,20,22H,10-12H2,1-5H3,(H,21,23). The molecule has 0 aromatic heterocycles. The van der Waals surface area contributed by atoms with E-state index >= 15 is 0 Å². The van der Waals surface area contributed by atoms with Gasteiger partial charge in [0.25, 0.3) is 0 Å². The van der Waals surface area contributed by atoms with Crippen molar-refractivity contribution < 1.29 is 9.90 Å². The fraction of sp³-hybridized carbons (Fsp3) is 0.632. The molecule has 0 aliphatic rings. The quantitative estimate of drug-likeness (QED) is 0.652. The van der Waals surface area contributed by atoms with Crippen LogP contribution in [0.3, 0.4) is 0 Å². The fourth-order valence-electron chi connectivity index (χ4n) is 2.73. The Bertz CT molecular complexity index is 486. The Hall–Kier alpha value is -1.39. The summed E-state index contributed by atoms with van der Waals surface area (Å²) >= 11 is 0. The van der Waals surface area contributed by atoms with Gasteiger partial charge in [-0.05, 0) is 50.3 Å². The van der Waals surface area contributed by atoms with E-state index in [4.69, 9.17) is 0 Å². The SMILES string of the molecule is CC(O)CC(C)CNC(C)CC(=O)Nc1ccccc1C(C)C. The van der Waals surface area contributed by atoms with E-state index in [1.165, 1.54) is 0 Å². The summed E-state index contributed by atoms with van der Waals surface area (Å²) in [4.78, 5) is 12.2. The molecule has 1 aromatic carbocycles. The number of hydrogen-bond acceptors (Lipinski definition) is 3. The third-order valence-corrected chi connectivity index (χ3v) is 3.91. The van der Waals surface area contributed by atoms with Crippen LogP contribution in [0.15, 0.2) is 24.3 Å². The zero-order chi connectivity index (χ0) is 17.4. The van der Waals surface area contributed by atoms with Crippen molar-refractivity contribution in [2.75, 3.05) is 11.9 Å². The van der Waals surface area contributed by atoms with Gasteiger partial charge in [0, 0.05) is 18.2 Å². The lowest BCUT2D eigenvalue weighted by Gasteiger charge is -2.19. The number of benzene rings is 1. The maximum atomic E-state index is 12.2. The van der Waals surface area contributed by atoms with Gasteiger partial charge in [-0.1, -0.05) is 39.0 Å². The van der Waals surface area contributed by atoms with Crippen LogP contribution in [0.25, 0.3) is 0 Å². The first-order chi connectivity index (χ1) is 10.8. The van der Waals surface area contributed by atoms with Crippen LogP contribution < -0.4 is 10.6 Å². The zero-order valence-electron chi connectivity index (χ0n) is 15.1. The normalized spacial score (nSPS) is 15.3. The van der Waals surface area contributed by atoms with Gasteiger partial charge in [-0.2, -0.15) is 0 Å². The van der Waals surface area contributed by atoms with Gasteiger partial charge in [0.05, 0.1) is 6.10 Å². The van der Waals surface area contributed by atoms with Gasteiger partial charge in [0.1, 0.15) is 0 Å². The molecule has 4 heteroatoms. The van der Waals surface area contributed by atoms with Crippen molar-refractivity contribution in [2.45, 2.75) is 65.5 Å². The van der Waals surface area contributed by atoms with E-state index in [-0.39, 0.29) is 18.1 Å². The second-order valence-electron chi connectivity index (χ2n) is 6.99. The molecule has 0 spiro atoms. The lowest BCUT2D eigenvalue weighted by molar-refractivity contribution is -0.116. The first-order valence-corrected chi connectivity index (χ1v) is 8.59. The monoisotopic (exact) mass is 320 g/mol. The number of hydrogen-bond donors (Lipinski definition) is 3. The average Bonchev–Trinajstić information content (AvgIpc) is 2.44. The van der Waals surface area contributed by atoms with Crippen molar-refractivity contribution in [1.29, 1.82) is 0 Å². The van der Waals surface area contributed by atoms with Crippen molar-refractivity contribution in [3.63, 3.8) is 0 Å². The summed E-state index contributed by atoms with van der Waals surface area (Å²) in [7, 11) is 0. The topological polar surface area (TPSA) is 61.4 Å². The van der Waals surface area contributed by atoms with Gasteiger partial charge >= 0.3 is 0 Å². The number of amides is 1. The maximum Gasteiger partial charge on any atom is 0.225 e. The number of carbonyl (C=O) groups excluding carboxylic acids is 1. The molecular weight excluding hydrogens is 288 g/mol. The number of anilines is 1. The molecular formula is C19H32N2O2. The molecule has 1 rings (SSSR count). The predicted octanol–water partition coefficient (Wildman–Crippen LogP) is 3.52. The molecule has 130 valence electrons. The summed E-state index contributed by atoms with van der Waals surface area (Å²) in [5, 5.41) is 15.8. The molecule has 0 radical (unpaired) electrons. The van der Waals surface area contributed by atoms with Crippen molar-refractivity contribution in [2.24, 2.45) is 5.92 Å². The van der Waals surface area contributed by atoms with Crippen LogP contribution in [0, 0.1) is 5.92 Å². The molecule has 4 nitrogen and oxygen atoms in total. The van der Waals surface area contributed by atoms with Gasteiger partial charge in [0.2, 0.25) is 5.91 Å². The molecule has 0 aliphatic carbocycles. The lowest BCUT2D eigenvalue weighted by atomic mass is 10.0. The van der Waals surface area contributed by atoms with Crippen molar-refractivity contribution in [3.8, 4) is 0 Å². The Morgan fingerprint density at radius 3 is 2.39 bits per heavy atom. The summed E-state index contributed by atoms with van der Waals surface area (Å²) in [6.07, 6.45) is 0.930. The van der Waals surface area contributed by atoms with E-state index in [0.717, 1.165) is 24.2 Å². The number of rotatable bonds is 9. The van der Waals surface area contributed by atoms with Gasteiger partial charge in [-0.3, -0.25) is 4.79 Å². The highest BCUT2D eigenvalue weighted by molar-refractivity contribution is 5.91. The summed E-state index contributed by atoms with van der Waals surface area (Å²) < 4.78 is 0. The van der Waals surface area contributed by atoms with Crippen molar-refractivity contribution in [3.05, 3.63) is 29.8 Å². The lowest BCUT2D eigenvalue weighted by Crippen LogP contribution is -2.34. The summed E-state index contributed by atoms with van der Waals surface area (Å²) in [6.45, 7) is 11.0. The number of nitrogens with one attached hydrogen (secondary N) is 2. The minimum atomic E-state index is -0.280. The second kappa shape index (κ2) is 9.68. The molecule has 1 aromatic rings. The number of carbonyl (C=O) groups is 1. The highest BCUT2D eigenvalue weighted by Crippen LogP contribution is 2.23. The van der Waals surface area contributed by atoms with Gasteiger partial charge in [-0.25, -0.2) is 0 Å². The largest absolute Gasteiger partial charge is 0.393 e. The van der Waals surface area contributed by atoms with Crippen LogP contribution in [0.1, 0.15) is 58.9 Å². The van der Waals surface area contributed by atoms with Crippen LogP contribution in [0.4, 0.5) is 5.69 Å². The molecule has 3 atom stereocenters. The maximum absolute atomic E-state index is 12.2. The van der Waals surface area contributed by atoms with E-state index in [0.29, 0.717) is 18.3 Å². The molecule has 0 bridgehead atoms. The van der Waals surface area contributed by atoms with Crippen LogP contribution in [0.5, 0.6) is 0 Å². The summed E-state index contributed by atoms with van der Waals surface area (Å²) in [5.74, 6) is 0.798. The Labute approximate surface area is 140 Å². The minimum absolute atomic E-state index is 0.0290. The van der Waals surface area contributed by atoms with Gasteiger partial charge < -0.3 is 15.7 Å². The van der Waals surface area contributed by atoms with Crippen molar-refractivity contribution in [1.82, 2.24) is 5.32 Å². The van der Waals surface area contributed by atoms with E-state index in [9.17, 15) is 9.90 Å². The van der Waals surface area contributed by atoms with Crippen LogP contribution >= 0.6 is 0 Å². The number of aliphatic hydroxyl groups excluding tert-OH is 1. The summed E-state index contributed by atoms with van der Waals surface area (Å²) in [6, 6.07) is 8.06. The number of para-hydroxylation sites is 1. The van der Waals surface area contributed by atoms with Crippen LogP contribution in [-0.2, 0) is 4.79 Å². The molecule has 0 heterocycles. The summed E-state index contributed by atoms with van der Waals surface area (Å²) in [5.41, 5.74) is 2.06.